The number of halogens is 1. The lowest BCUT2D eigenvalue weighted by atomic mass is 9.91. The molecule has 0 spiro atoms. The minimum atomic E-state index is -3.79. The van der Waals surface area contributed by atoms with Gasteiger partial charge in [0.05, 0.1) is 12.0 Å². The highest BCUT2D eigenvalue weighted by molar-refractivity contribution is 7.89. The highest BCUT2D eigenvalue weighted by atomic mass is 32.2. The van der Waals surface area contributed by atoms with E-state index in [4.69, 9.17) is 4.74 Å². The summed E-state index contributed by atoms with van der Waals surface area (Å²) in [5, 5.41) is 1.03. The third kappa shape index (κ3) is 4.08. The summed E-state index contributed by atoms with van der Waals surface area (Å²) in [4.78, 5) is 3.28. The van der Waals surface area contributed by atoms with E-state index < -0.39 is 15.8 Å². The molecule has 0 saturated heterocycles. The zero-order valence-corrected chi connectivity index (χ0v) is 17.1. The number of benzene rings is 3. The first-order chi connectivity index (χ1) is 14.5. The van der Waals surface area contributed by atoms with Gasteiger partial charge in [0.2, 0.25) is 10.0 Å². The molecule has 4 aromatic rings. The van der Waals surface area contributed by atoms with Crippen molar-refractivity contribution < 1.29 is 17.5 Å². The number of nitrogens with one attached hydrogen (secondary N) is 2. The third-order valence-electron chi connectivity index (χ3n) is 5.12. The second-order valence-electron chi connectivity index (χ2n) is 6.92. The van der Waals surface area contributed by atoms with Crippen LogP contribution in [0.15, 0.2) is 83.9 Å². The molecule has 5 nitrogen and oxygen atoms in total. The fraction of sp³-hybridized carbons (Fsp3) is 0.130. The molecule has 7 heteroatoms. The standard InChI is InChI=1S/C23H21FN2O3S/c1-29-18-10-6-16(7-11-18)21(22-14-25-23-5-3-2-4-20(22)23)15-26-30(27,28)19-12-8-17(24)9-13-19/h2-14,21,25-26H,15H2,1H3/t21-/m0/s1. The van der Waals surface area contributed by atoms with Gasteiger partial charge in [-0.1, -0.05) is 30.3 Å². The molecule has 4 rings (SSSR count). The molecule has 3 aromatic carbocycles. The molecule has 2 N–H and O–H groups in total. The molecule has 30 heavy (non-hydrogen) atoms. The van der Waals surface area contributed by atoms with Gasteiger partial charge in [-0.3, -0.25) is 0 Å². The average Bonchev–Trinajstić information content (AvgIpc) is 3.19. The van der Waals surface area contributed by atoms with E-state index in [0.717, 1.165) is 39.9 Å². The van der Waals surface area contributed by atoms with Crippen molar-refractivity contribution in [3.63, 3.8) is 0 Å². The number of hydrogen-bond acceptors (Lipinski definition) is 3. The van der Waals surface area contributed by atoms with Gasteiger partial charge in [0.25, 0.3) is 0 Å². The van der Waals surface area contributed by atoms with Crippen LogP contribution < -0.4 is 9.46 Å². The Morgan fingerprint density at radius 3 is 2.40 bits per heavy atom. The summed E-state index contributed by atoms with van der Waals surface area (Å²) in [7, 11) is -2.19. The van der Waals surface area contributed by atoms with Crippen molar-refractivity contribution in [2.45, 2.75) is 10.8 Å². The predicted molar refractivity (Wildman–Crippen MR) is 115 cm³/mol. The Morgan fingerprint density at radius 2 is 1.70 bits per heavy atom. The van der Waals surface area contributed by atoms with E-state index in [2.05, 4.69) is 9.71 Å². The predicted octanol–water partition coefficient (Wildman–Crippen LogP) is 4.43. The maximum absolute atomic E-state index is 13.2. The summed E-state index contributed by atoms with van der Waals surface area (Å²) in [5.41, 5.74) is 2.91. The number of H-pyrrole nitrogens is 1. The number of sulfonamides is 1. The summed E-state index contributed by atoms with van der Waals surface area (Å²) >= 11 is 0. The normalized spacial score (nSPS) is 12.7. The van der Waals surface area contributed by atoms with Gasteiger partial charge in [-0.15, -0.1) is 0 Å². The van der Waals surface area contributed by atoms with Crippen molar-refractivity contribution in [3.8, 4) is 5.75 Å². The first-order valence-corrected chi connectivity index (χ1v) is 10.9. The molecule has 0 radical (unpaired) electrons. The van der Waals surface area contributed by atoms with Crippen LogP contribution in [0, 0.1) is 5.82 Å². The van der Waals surface area contributed by atoms with Crippen LogP contribution in [-0.2, 0) is 10.0 Å². The van der Waals surface area contributed by atoms with Crippen molar-refractivity contribution in [2.75, 3.05) is 13.7 Å². The fourth-order valence-electron chi connectivity index (χ4n) is 3.52. The minimum Gasteiger partial charge on any atom is -0.497 e. The van der Waals surface area contributed by atoms with Crippen molar-refractivity contribution in [1.29, 1.82) is 0 Å². The van der Waals surface area contributed by atoms with Crippen molar-refractivity contribution in [2.24, 2.45) is 0 Å². The van der Waals surface area contributed by atoms with Crippen LogP contribution >= 0.6 is 0 Å². The van der Waals surface area contributed by atoms with Gasteiger partial charge in [-0.25, -0.2) is 17.5 Å². The van der Waals surface area contributed by atoms with Gasteiger partial charge in [-0.05, 0) is 53.6 Å². The molecular formula is C23H21FN2O3S. The van der Waals surface area contributed by atoms with Crippen LogP contribution in [0.25, 0.3) is 10.9 Å². The zero-order valence-electron chi connectivity index (χ0n) is 16.3. The molecule has 0 unspecified atom stereocenters. The Hall–Kier alpha value is -3.16. The Kier molecular flexibility index (Phi) is 5.57. The number of fused-ring (bicyclic) bond motifs is 1. The number of aromatic amines is 1. The van der Waals surface area contributed by atoms with Crippen molar-refractivity contribution in [3.05, 3.63) is 95.9 Å². The fourth-order valence-corrected chi connectivity index (χ4v) is 4.56. The smallest absolute Gasteiger partial charge is 0.240 e. The summed E-state index contributed by atoms with van der Waals surface area (Å²) in [6.45, 7) is 0.147. The number of methoxy groups -OCH3 is 1. The van der Waals surface area contributed by atoms with E-state index in [1.165, 1.54) is 12.1 Å². The Labute approximate surface area is 174 Å². The Morgan fingerprint density at radius 1 is 1.00 bits per heavy atom. The number of hydrogen-bond donors (Lipinski definition) is 2. The average molecular weight is 424 g/mol. The molecular weight excluding hydrogens is 403 g/mol. The largest absolute Gasteiger partial charge is 0.497 e. The van der Waals surface area contributed by atoms with E-state index in [1.54, 1.807) is 7.11 Å². The van der Waals surface area contributed by atoms with Gasteiger partial charge in [0.15, 0.2) is 0 Å². The van der Waals surface area contributed by atoms with E-state index in [1.807, 2.05) is 54.7 Å². The topological polar surface area (TPSA) is 71.2 Å². The maximum Gasteiger partial charge on any atom is 0.240 e. The number of para-hydroxylation sites is 1. The van der Waals surface area contributed by atoms with Crippen LogP contribution in [0.1, 0.15) is 17.0 Å². The molecule has 0 aliphatic rings. The second-order valence-corrected chi connectivity index (χ2v) is 8.69. The van der Waals surface area contributed by atoms with Gasteiger partial charge in [-0.2, -0.15) is 0 Å². The van der Waals surface area contributed by atoms with Gasteiger partial charge < -0.3 is 9.72 Å². The zero-order chi connectivity index (χ0) is 21.1. The second kappa shape index (κ2) is 8.30. The molecule has 1 aromatic heterocycles. The monoisotopic (exact) mass is 424 g/mol. The van der Waals surface area contributed by atoms with E-state index in [0.29, 0.717) is 0 Å². The molecule has 0 bridgehead atoms. The SMILES string of the molecule is COc1ccc([C@H](CNS(=O)(=O)c2ccc(F)cc2)c2c[nH]c3ccccc23)cc1. The molecule has 0 aliphatic heterocycles. The Balaban J connectivity index is 1.69. The van der Waals surface area contributed by atoms with Crippen LogP contribution in [0.5, 0.6) is 5.75 Å². The molecule has 0 saturated carbocycles. The summed E-state index contributed by atoms with van der Waals surface area (Å²) in [6.07, 6.45) is 1.91. The quantitative estimate of drug-likeness (QED) is 0.461. The molecule has 0 fully saturated rings. The number of rotatable bonds is 7. The molecule has 1 heterocycles. The van der Waals surface area contributed by atoms with E-state index in [-0.39, 0.29) is 17.4 Å². The van der Waals surface area contributed by atoms with Crippen LogP contribution in [0.3, 0.4) is 0 Å². The van der Waals surface area contributed by atoms with Gasteiger partial charge >= 0.3 is 0 Å². The first-order valence-electron chi connectivity index (χ1n) is 9.43. The summed E-state index contributed by atoms with van der Waals surface area (Å²) in [6, 6.07) is 20.2. The lowest BCUT2D eigenvalue weighted by Gasteiger charge is -2.19. The molecule has 1 atom stereocenters. The lowest BCUT2D eigenvalue weighted by molar-refractivity contribution is 0.414. The van der Waals surface area contributed by atoms with E-state index >= 15 is 0 Å². The Bertz CT molecular complexity index is 1250. The van der Waals surface area contributed by atoms with Crippen LogP contribution in [0.4, 0.5) is 4.39 Å². The van der Waals surface area contributed by atoms with E-state index in [9.17, 15) is 12.8 Å². The number of aromatic nitrogens is 1. The third-order valence-corrected chi connectivity index (χ3v) is 6.56. The summed E-state index contributed by atoms with van der Waals surface area (Å²) < 4.78 is 46.6. The lowest BCUT2D eigenvalue weighted by Crippen LogP contribution is -2.29. The van der Waals surface area contributed by atoms with Crippen LogP contribution in [0.2, 0.25) is 0 Å². The highest BCUT2D eigenvalue weighted by Gasteiger charge is 2.22. The van der Waals surface area contributed by atoms with Crippen LogP contribution in [-0.4, -0.2) is 27.1 Å². The van der Waals surface area contributed by atoms with Crippen molar-refractivity contribution >= 4 is 20.9 Å². The van der Waals surface area contributed by atoms with Gasteiger partial charge in [0, 0.05) is 29.6 Å². The summed E-state index contributed by atoms with van der Waals surface area (Å²) in [5.74, 6) is 0.00875. The van der Waals surface area contributed by atoms with Crippen molar-refractivity contribution in [1.82, 2.24) is 9.71 Å². The highest BCUT2D eigenvalue weighted by Crippen LogP contribution is 2.31. The molecule has 0 aliphatic carbocycles. The molecule has 0 amide bonds. The maximum atomic E-state index is 13.2. The first kappa shape index (κ1) is 20.1. The number of ether oxygens (including phenoxy) is 1. The molecule has 154 valence electrons. The minimum absolute atomic E-state index is 0.0244. The van der Waals surface area contributed by atoms with Gasteiger partial charge in [0.1, 0.15) is 11.6 Å².